The van der Waals surface area contributed by atoms with Gasteiger partial charge in [-0.05, 0) is 67.9 Å². The molecule has 2 saturated carbocycles. The smallest absolute Gasteiger partial charge is 0.315 e. The molecule has 1 heterocycles. The Morgan fingerprint density at radius 2 is 1.62 bits per heavy atom. The highest BCUT2D eigenvalue weighted by molar-refractivity contribution is 6.24. The molecule has 3 fully saturated rings. The summed E-state index contributed by atoms with van der Waals surface area (Å²) in [5.74, 6) is 0.956. The molecule has 2 N–H and O–H groups in total. The maximum absolute atomic E-state index is 13.0. The Morgan fingerprint density at radius 3 is 2.17 bits per heavy atom. The van der Waals surface area contributed by atoms with E-state index in [0.29, 0.717) is 11.8 Å². The van der Waals surface area contributed by atoms with E-state index in [9.17, 15) is 9.59 Å². The molecule has 6 heteroatoms. The van der Waals surface area contributed by atoms with Gasteiger partial charge in [-0.2, -0.15) is 0 Å². The molecule has 5 nitrogen and oxygen atoms in total. The zero-order valence-electron chi connectivity index (χ0n) is 17.0. The third-order valence-corrected chi connectivity index (χ3v) is 8.13. The molecule has 29 heavy (non-hydrogen) atoms. The molecular formula is C23H30ClN3O2. The Morgan fingerprint density at radius 1 is 1.03 bits per heavy atom. The van der Waals surface area contributed by atoms with Gasteiger partial charge in [-0.15, -0.1) is 11.6 Å². The second-order valence-electron chi connectivity index (χ2n) is 9.83. The number of hydrogen-bond acceptors (Lipinski definition) is 2. The molecule has 3 amide bonds. The molecule has 1 saturated heterocycles. The zero-order valence-corrected chi connectivity index (χ0v) is 17.8. The number of urea groups is 1. The lowest BCUT2D eigenvalue weighted by molar-refractivity contribution is -0.129. The lowest BCUT2D eigenvalue weighted by atomic mass is 9.62. The topological polar surface area (TPSA) is 61.4 Å². The van der Waals surface area contributed by atoms with E-state index in [-0.39, 0.29) is 28.4 Å². The summed E-state index contributed by atoms with van der Waals surface area (Å²) in [6.07, 6.45) is 6.47. The zero-order chi connectivity index (χ0) is 20.2. The van der Waals surface area contributed by atoms with Gasteiger partial charge in [0.15, 0.2) is 0 Å². The van der Waals surface area contributed by atoms with E-state index in [0.717, 1.165) is 58.0 Å². The lowest BCUT2D eigenvalue weighted by Gasteiger charge is -2.52. The largest absolute Gasteiger partial charge is 0.343 e. The number of halogens is 1. The minimum absolute atomic E-state index is 0.0717. The Kier molecular flexibility index (Phi) is 4.57. The van der Waals surface area contributed by atoms with Gasteiger partial charge in [0.25, 0.3) is 0 Å². The number of piperidine rings is 1. The van der Waals surface area contributed by atoms with E-state index < -0.39 is 0 Å². The number of alkyl halides is 1. The van der Waals surface area contributed by atoms with Crippen molar-refractivity contribution in [2.45, 2.75) is 80.2 Å². The summed E-state index contributed by atoms with van der Waals surface area (Å²) in [4.78, 5) is 26.1. The predicted molar refractivity (Wildman–Crippen MR) is 113 cm³/mol. The first-order valence-electron chi connectivity index (χ1n) is 11.0. The summed E-state index contributed by atoms with van der Waals surface area (Å²) in [7, 11) is 0. The summed E-state index contributed by atoms with van der Waals surface area (Å²) < 4.78 is 0. The van der Waals surface area contributed by atoms with Crippen LogP contribution in [-0.2, 0) is 4.79 Å². The van der Waals surface area contributed by atoms with Crippen LogP contribution in [0.25, 0.3) is 0 Å². The molecule has 2 atom stereocenters. The van der Waals surface area contributed by atoms with Crippen LogP contribution in [0.3, 0.4) is 0 Å². The Balaban J connectivity index is 1.30. The SMILES string of the molecule is CC(=O)N1CCC(NC(=O)NC23CC4CC(Cl)(CC(C2)c2ccccc24)C3)CC1. The van der Waals surface area contributed by atoms with Crippen LogP contribution in [0.2, 0.25) is 0 Å². The Bertz CT molecular complexity index is 798. The van der Waals surface area contributed by atoms with Gasteiger partial charge in [-0.25, -0.2) is 4.79 Å². The van der Waals surface area contributed by atoms with Crippen LogP contribution in [-0.4, -0.2) is 46.4 Å². The molecule has 5 aliphatic rings. The molecule has 2 unspecified atom stereocenters. The minimum Gasteiger partial charge on any atom is -0.343 e. The summed E-state index contributed by atoms with van der Waals surface area (Å²) in [5, 5.41) is 6.57. The summed E-state index contributed by atoms with van der Waals surface area (Å²) in [5.41, 5.74) is 2.66. The second kappa shape index (κ2) is 6.90. The standard InChI is InChI=1S/C23H30ClN3O2/c1-15(28)27-8-6-18(7-9-27)25-21(29)26-23-12-16-10-22(24,14-23)11-17(13-23)20-5-3-2-4-19(16)20/h2-5,16-18H,6-14H2,1H3,(H2,25,26,29). The van der Waals surface area contributed by atoms with Gasteiger partial charge in [0.1, 0.15) is 0 Å². The van der Waals surface area contributed by atoms with Gasteiger partial charge in [0, 0.05) is 36.5 Å². The van der Waals surface area contributed by atoms with Crippen LogP contribution >= 0.6 is 11.6 Å². The number of amides is 3. The van der Waals surface area contributed by atoms with Gasteiger partial charge < -0.3 is 15.5 Å². The highest BCUT2D eigenvalue weighted by atomic mass is 35.5. The van der Waals surface area contributed by atoms with E-state index in [4.69, 9.17) is 11.6 Å². The van der Waals surface area contributed by atoms with Gasteiger partial charge in [0.2, 0.25) is 5.91 Å². The van der Waals surface area contributed by atoms with Gasteiger partial charge in [-0.3, -0.25) is 4.79 Å². The normalized spacial score (nSPS) is 35.7. The molecule has 1 aromatic rings. The predicted octanol–water partition coefficient (Wildman–Crippen LogP) is 3.87. The van der Waals surface area contributed by atoms with Gasteiger partial charge in [-0.1, -0.05) is 24.3 Å². The fraction of sp³-hybridized carbons (Fsp3) is 0.652. The number of hydrogen-bond donors (Lipinski definition) is 2. The first-order valence-corrected chi connectivity index (χ1v) is 11.3. The Hall–Kier alpha value is -1.75. The number of benzene rings is 1. The third kappa shape index (κ3) is 3.52. The van der Waals surface area contributed by atoms with Crippen molar-refractivity contribution in [2.24, 2.45) is 0 Å². The average Bonchev–Trinajstić information content (AvgIpc) is 2.80. The van der Waals surface area contributed by atoms with Crippen molar-refractivity contribution in [3.05, 3.63) is 35.4 Å². The van der Waals surface area contributed by atoms with Crippen molar-refractivity contribution in [3.8, 4) is 0 Å². The number of carbonyl (C=O) groups is 2. The fourth-order valence-corrected chi connectivity index (χ4v) is 7.30. The first-order chi connectivity index (χ1) is 13.8. The second-order valence-corrected chi connectivity index (χ2v) is 10.6. The van der Waals surface area contributed by atoms with E-state index in [1.165, 1.54) is 11.1 Å². The molecule has 4 aliphatic carbocycles. The van der Waals surface area contributed by atoms with Crippen molar-refractivity contribution in [2.75, 3.05) is 13.1 Å². The summed E-state index contributed by atoms with van der Waals surface area (Å²) in [6.45, 7) is 3.04. The maximum Gasteiger partial charge on any atom is 0.315 e. The van der Waals surface area contributed by atoms with Gasteiger partial charge >= 0.3 is 6.03 Å². The van der Waals surface area contributed by atoms with Crippen molar-refractivity contribution in [1.29, 1.82) is 0 Å². The number of carbonyl (C=O) groups excluding carboxylic acids is 2. The van der Waals surface area contributed by atoms with Crippen molar-refractivity contribution in [1.82, 2.24) is 15.5 Å². The summed E-state index contributed by atoms with van der Waals surface area (Å²) >= 11 is 7.13. The van der Waals surface area contributed by atoms with E-state index in [1.54, 1.807) is 6.92 Å². The van der Waals surface area contributed by atoms with Crippen LogP contribution in [0.5, 0.6) is 0 Å². The van der Waals surface area contributed by atoms with Crippen LogP contribution in [0, 0.1) is 0 Å². The molecule has 0 radical (unpaired) electrons. The van der Waals surface area contributed by atoms with Crippen molar-refractivity contribution >= 4 is 23.5 Å². The number of nitrogens with one attached hydrogen (secondary N) is 2. The average molecular weight is 416 g/mol. The molecule has 0 aromatic heterocycles. The van der Waals surface area contributed by atoms with Gasteiger partial charge in [0.05, 0.1) is 0 Å². The van der Waals surface area contributed by atoms with Crippen LogP contribution in [0.15, 0.2) is 24.3 Å². The van der Waals surface area contributed by atoms with E-state index in [2.05, 4.69) is 34.9 Å². The fourth-order valence-electron chi connectivity index (χ4n) is 6.67. The molecule has 4 bridgehead atoms. The molecule has 6 rings (SSSR count). The molecular weight excluding hydrogens is 386 g/mol. The number of rotatable bonds is 2. The van der Waals surface area contributed by atoms with Crippen LogP contribution < -0.4 is 10.6 Å². The van der Waals surface area contributed by atoms with E-state index >= 15 is 0 Å². The maximum atomic E-state index is 13.0. The van der Waals surface area contributed by atoms with Crippen LogP contribution in [0.4, 0.5) is 4.79 Å². The monoisotopic (exact) mass is 415 g/mol. The lowest BCUT2D eigenvalue weighted by Crippen LogP contribution is -2.61. The third-order valence-electron chi connectivity index (χ3n) is 7.68. The highest BCUT2D eigenvalue weighted by Crippen LogP contribution is 2.61. The number of likely N-dealkylation sites (tertiary alicyclic amines) is 1. The molecule has 1 aliphatic heterocycles. The van der Waals surface area contributed by atoms with Crippen molar-refractivity contribution in [3.63, 3.8) is 0 Å². The molecule has 1 aromatic carbocycles. The quantitative estimate of drug-likeness (QED) is 0.720. The molecule has 156 valence electrons. The van der Waals surface area contributed by atoms with Crippen molar-refractivity contribution < 1.29 is 9.59 Å². The minimum atomic E-state index is -0.225. The summed E-state index contributed by atoms with van der Waals surface area (Å²) in [6, 6.07) is 8.85. The first kappa shape index (κ1) is 19.2. The molecule has 0 spiro atoms. The Labute approximate surface area is 177 Å². The van der Waals surface area contributed by atoms with E-state index in [1.807, 2.05) is 4.90 Å². The number of nitrogens with zero attached hydrogens (tertiary/aromatic N) is 1. The highest BCUT2D eigenvalue weighted by Gasteiger charge is 2.56. The van der Waals surface area contributed by atoms with Crippen LogP contribution in [0.1, 0.15) is 74.8 Å².